The van der Waals surface area contributed by atoms with Gasteiger partial charge in [-0.05, 0) is 55.8 Å². The number of aryl methyl sites for hydroxylation is 1. The van der Waals surface area contributed by atoms with Gasteiger partial charge in [0.2, 0.25) is 0 Å². The molecule has 0 atom stereocenters. The van der Waals surface area contributed by atoms with Crippen LogP contribution < -0.4 is 16.2 Å². The number of aromatic amines is 1. The van der Waals surface area contributed by atoms with Crippen LogP contribution in [-0.2, 0) is 10.0 Å². The van der Waals surface area contributed by atoms with Gasteiger partial charge in [0.1, 0.15) is 5.75 Å². The minimum atomic E-state index is -4.05. The quantitative estimate of drug-likeness (QED) is 0.701. The summed E-state index contributed by atoms with van der Waals surface area (Å²) in [5, 5.41) is 0. The molecule has 0 unspecified atom stereocenters. The van der Waals surface area contributed by atoms with E-state index in [1.165, 1.54) is 18.2 Å². The molecule has 0 radical (unpaired) electrons. The van der Waals surface area contributed by atoms with E-state index in [0.717, 1.165) is 9.54 Å². The predicted molar refractivity (Wildman–Crippen MR) is 91.9 cm³/mol. The van der Waals surface area contributed by atoms with Crippen LogP contribution in [0.15, 0.2) is 46.1 Å². The molecule has 0 saturated carbocycles. The van der Waals surface area contributed by atoms with Crippen LogP contribution in [0.2, 0.25) is 0 Å². The molecule has 0 saturated heterocycles. The topological polar surface area (TPSA) is 107 Å². The SMILES string of the molecule is CCOc1ccc(S(=O)(=O)n2c(=O)[nH]c3cc(C)c(N)cc32)cc1. The van der Waals surface area contributed by atoms with Gasteiger partial charge in [0.05, 0.1) is 22.5 Å². The Labute approximate surface area is 138 Å². The highest BCUT2D eigenvalue weighted by Crippen LogP contribution is 2.23. The van der Waals surface area contributed by atoms with E-state index in [2.05, 4.69) is 4.98 Å². The monoisotopic (exact) mass is 347 g/mol. The number of nitrogens with zero attached hydrogens (tertiary/aromatic N) is 1. The molecule has 0 fully saturated rings. The van der Waals surface area contributed by atoms with Crippen molar-refractivity contribution in [2.24, 2.45) is 0 Å². The van der Waals surface area contributed by atoms with Gasteiger partial charge in [-0.15, -0.1) is 0 Å². The zero-order chi connectivity index (χ0) is 17.5. The molecule has 3 rings (SSSR count). The van der Waals surface area contributed by atoms with E-state index in [-0.39, 0.29) is 10.4 Å². The van der Waals surface area contributed by atoms with Crippen LogP contribution in [0, 0.1) is 6.92 Å². The summed E-state index contributed by atoms with van der Waals surface area (Å²) in [4.78, 5) is 14.8. The van der Waals surface area contributed by atoms with Crippen molar-refractivity contribution in [1.82, 2.24) is 8.96 Å². The lowest BCUT2D eigenvalue weighted by atomic mass is 10.2. The van der Waals surface area contributed by atoms with Crippen LogP contribution in [0.1, 0.15) is 12.5 Å². The molecule has 1 heterocycles. The molecule has 7 nitrogen and oxygen atoms in total. The van der Waals surface area contributed by atoms with Gasteiger partial charge in [-0.3, -0.25) is 0 Å². The Bertz CT molecular complexity index is 1060. The number of hydrogen-bond donors (Lipinski definition) is 2. The Hall–Kier alpha value is -2.74. The third-order valence-electron chi connectivity index (χ3n) is 3.70. The van der Waals surface area contributed by atoms with Crippen LogP contribution >= 0.6 is 0 Å². The number of imidazole rings is 1. The second-order valence-electron chi connectivity index (χ2n) is 5.33. The van der Waals surface area contributed by atoms with Crippen molar-refractivity contribution >= 4 is 26.7 Å². The summed E-state index contributed by atoms with van der Waals surface area (Å²) in [6.07, 6.45) is 0. The van der Waals surface area contributed by atoms with Gasteiger partial charge < -0.3 is 15.5 Å². The van der Waals surface area contributed by atoms with Crippen molar-refractivity contribution in [3.05, 3.63) is 52.4 Å². The van der Waals surface area contributed by atoms with Crippen LogP contribution in [0.25, 0.3) is 11.0 Å². The van der Waals surface area contributed by atoms with Gasteiger partial charge in [-0.2, -0.15) is 3.97 Å². The fourth-order valence-electron chi connectivity index (χ4n) is 2.47. The molecule has 0 aliphatic carbocycles. The summed E-state index contributed by atoms with van der Waals surface area (Å²) in [6.45, 7) is 4.10. The van der Waals surface area contributed by atoms with Crippen LogP contribution in [0.5, 0.6) is 5.75 Å². The number of benzene rings is 2. The van der Waals surface area contributed by atoms with Crippen molar-refractivity contribution < 1.29 is 13.2 Å². The molecule has 3 aromatic rings. The molecule has 0 spiro atoms. The molecule has 0 aliphatic rings. The van der Waals surface area contributed by atoms with E-state index < -0.39 is 15.7 Å². The first-order chi connectivity index (χ1) is 11.3. The summed E-state index contributed by atoms with van der Waals surface area (Å²) < 4.78 is 31.7. The lowest BCUT2D eigenvalue weighted by Crippen LogP contribution is -2.25. The maximum absolute atomic E-state index is 12.9. The lowest BCUT2D eigenvalue weighted by molar-refractivity contribution is 0.340. The first-order valence-corrected chi connectivity index (χ1v) is 8.78. The highest BCUT2D eigenvalue weighted by molar-refractivity contribution is 7.90. The van der Waals surface area contributed by atoms with Crippen molar-refractivity contribution in [3.63, 3.8) is 0 Å². The molecular formula is C16H17N3O4S. The number of fused-ring (bicyclic) bond motifs is 1. The summed E-state index contributed by atoms with van der Waals surface area (Å²) >= 11 is 0. The summed E-state index contributed by atoms with van der Waals surface area (Å²) in [5.74, 6) is 0.558. The number of hydrogen-bond acceptors (Lipinski definition) is 5. The second-order valence-corrected chi connectivity index (χ2v) is 7.12. The first kappa shape index (κ1) is 16.1. The number of anilines is 1. The van der Waals surface area contributed by atoms with Crippen LogP contribution in [0.3, 0.4) is 0 Å². The normalized spacial score (nSPS) is 11.8. The molecule has 126 valence electrons. The molecule has 24 heavy (non-hydrogen) atoms. The summed E-state index contributed by atoms with van der Waals surface area (Å²) in [7, 11) is -4.05. The number of nitrogens with one attached hydrogen (secondary N) is 1. The van der Waals surface area contributed by atoms with Gasteiger partial charge in [-0.1, -0.05) is 0 Å². The zero-order valence-electron chi connectivity index (χ0n) is 13.2. The molecule has 0 aliphatic heterocycles. The van der Waals surface area contributed by atoms with E-state index in [1.54, 1.807) is 25.1 Å². The number of rotatable bonds is 4. The van der Waals surface area contributed by atoms with Crippen molar-refractivity contribution in [2.45, 2.75) is 18.7 Å². The fraction of sp³-hybridized carbons (Fsp3) is 0.188. The standard InChI is InChI=1S/C16H17N3O4S/c1-3-23-11-4-6-12(7-5-11)24(21,22)19-15-9-13(17)10(2)8-14(15)18-16(19)20/h4-9H,3,17H2,1-2H3,(H,18,20). The Morgan fingerprint density at radius 2 is 1.88 bits per heavy atom. The molecular weight excluding hydrogens is 330 g/mol. The first-order valence-electron chi connectivity index (χ1n) is 7.34. The molecule has 0 bridgehead atoms. The van der Waals surface area contributed by atoms with Crippen molar-refractivity contribution in [1.29, 1.82) is 0 Å². The van der Waals surface area contributed by atoms with Crippen molar-refractivity contribution in [2.75, 3.05) is 12.3 Å². The largest absolute Gasteiger partial charge is 0.494 e. The van der Waals surface area contributed by atoms with Gasteiger partial charge in [0.15, 0.2) is 0 Å². The number of nitrogens with two attached hydrogens (primary N) is 1. The van der Waals surface area contributed by atoms with E-state index in [0.29, 0.717) is 23.6 Å². The van der Waals surface area contributed by atoms with Crippen LogP contribution in [0.4, 0.5) is 5.69 Å². The Balaban J connectivity index is 2.20. The summed E-state index contributed by atoms with van der Waals surface area (Å²) in [6, 6.07) is 9.04. The third-order valence-corrected chi connectivity index (χ3v) is 5.41. The lowest BCUT2D eigenvalue weighted by Gasteiger charge is -2.08. The maximum Gasteiger partial charge on any atom is 0.340 e. The predicted octanol–water partition coefficient (Wildman–Crippen LogP) is 1.86. The van der Waals surface area contributed by atoms with Gasteiger partial charge in [0, 0.05) is 5.69 Å². The minimum Gasteiger partial charge on any atom is -0.494 e. The molecule has 2 aromatic carbocycles. The highest BCUT2D eigenvalue weighted by Gasteiger charge is 2.23. The average molecular weight is 347 g/mol. The van der Waals surface area contributed by atoms with E-state index in [1.807, 2.05) is 6.92 Å². The fourth-order valence-corrected chi connectivity index (χ4v) is 3.84. The van der Waals surface area contributed by atoms with E-state index in [4.69, 9.17) is 10.5 Å². The molecule has 0 amide bonds. The Kier molecular flexibility index (Phi) is 3.84. The third kappa shape index (κ3) is 2.54. The average Bonchev–Trinajstić information content (AvgIpc) is 2.84. The van der Waals surface area contributed by atoms with E-state index in [9.17, 15) is 13.2 Å². The van der Waals surface area contributed by atoms with Gasteiger partial charge in [0.25, 0.3) is 10.0 Å². The summed E-state index contributed by atoms with van der Waals surface area (Å²) in [5.41, 5.74) is 6.94. The van der Waals surface area contributed by atoms with Crippen LogP contribution in [-0.4, -0.2) is 24.0 Å². The van der Waals surface area contributed by atoms with E-state index >= 15 is 0 Å². The number of aromatic nitrogens is 2. The smallest absolute Gasteiger partial charge is 0.340 e. The Morgan fingerprint density at radius 3 is 2.50 bits per heavy atom. The molecule has 1 aromatic heterocycles. The zero-order valence-corrected chi connectivity index (χ0v) is 14.1. The molecule has 3 N–H and O–H groups in total. The minimum absolute atomic E-state index is 0.00639. The highest BCUT2D eigenvalue weighted by atomic mass is 32.2. The number of nitrogen functional groups attached to an aromatic ring is 1. The Morgan fingerprint density at radius 1 is 1.21 bits per heavy atom. The number of ether oxygens (including phenoxy) is 1. The molecule has 8 heteroatoms. The van der Waals surface area contributed by atoms with Gasteiger partial charge in [-0.25, -0.2) is 13.2 Å². The number of H-pyrrole nitrogens is 1. The van der Waals surface area contributed by atoms with Gasteiger partial charge >= 0.3 is 5.69 Å². The van der Waals surface area contributed by atoms with Crippen molar-refractivity contribution in [3.8, 4) is 5.75 Å². The maximum atomic E-state index is 12.9. The second kappa shape index (κ2) is 5.72.